The largest absolute Gasteiger partial charge is 0.384 e. The zero-order valence-corrected chi connectivity index (χ0v) is 11.8. The highest BCUT2D eigenvalue weighted by molar-refractivity contribution is 6.17. The molecule has 2 nitrogen and oxygen atoms in total. The standard InChI is InChI=1S/C16H19ClN2/c17-10-5-11-18-16-12-6-1-3-8-14(12)19-15-9-4-2-7-13(15)16/h1,3,6,8H,2,4-5,7,9-11H2,(H,18,19). The Morgan fingerprint density at radius 1 is 1.16 bits per heavy atom. The Bertz CT molecular complexity index is 580. The Balaban J connectivity index is 2.08. The van der Waals surface area contributed by atoms with E-state index in [1.54, 1.807) is 0 Å². The summed E-state index contributed by atoms with van der Waals surface area (Å²) in [4.78, 5) is 4.84. The van der Waals surface area contributed by atoms with Crippen LogP contribution < -0.4 is 5.32 Å². The number of nitrogens with one attached hydrogen (secondary N) is 1. The number of aryl methyl sites for hydroxylation is 1. The average Bonchev–Trinajstić information content (AvgIpc) is 2.46. The molecule has 1 aliphatic rings. The first-order chi connectivity index (χ1) is 9.40. The van der Waals surface area contributed by atoms with E-state index in [4.69, 9.17) is 16.6 Å². The maximum atomic E-state index is 5.78. The number of benzene rings is 1. The molecular weight excluding hydrogens is 256 g/mol. The zero-order chi connectivity index (χ0) is 13.1. The van der Waals surface area contributed by atoms with Gasteiger partial charge in [0.1, 0.15) is 0 Å². The van der Waals surface area contributed by atoms with Gasteiger partial charge in [-0.2, -0.15) is 0 Å². The summed E-state index contributed by atoms with van der Waals surface area (Å²) >= 11 is 5.78. The molecule has 1 aliphatic carbocycles. The monoisotopic (exact) mass is 274 g/mol. The lowest BCUT2D eigenvalue weighted by Crippen LogP contribution is -2.12. The van der Waals surface area contributed by atoms with Crippen LogP contribution in [0.5, 0.6) is 0 Å². The van der Waals surface area contributed by atoms with Gasteiger partial charge in [0.25, 0.3) is 0 Å². The van der Waals surface area contributed by atoms with Gasteiger partial charge in [0.15, 0.2) is 0 Å². The van der Waals surface area contributed by atoms with E-state index in [0.717, 1.165) is 31.3 Å². The minimum absolute atomic E-state index is 0.707. The molecule has 0 aliphatic heterocycles. The first kappa shape index (κ1) is 12.7. The molecule has 3 heteroatoms. The van der Waals surface area contributed by atoms with E-state index in [1.165, 1.54) is 35.2 Å². The smallest absolute Gasteiger partial charge is 0.0726 e. The van der Waals surface area contributed by atoms with Crippen molar-refractivity contribution >= 4 is 28.2 Å². The fourth-order valence-corrected chi connectivity index (χ4v) is 2.99. The fraction of sp³-hybridized carbons (Fsp3) is 0.438. The van der Waals surface area contributed by atoms with Gasteiger partial charge >= 0.3 is 0 Å². The molecule has 0 fully saturated rings. The third kappa shape index (κ3) is 2.55. The minimum Gasteiger partial charge on any atom is -0.384 e. The van der Waals surface area contributed by atoms with Crippen LogP contribution in [0.2, 0.25) is 0 Å². The number of hydrogen-bond acceptors (Lipinski definition) is 2. The molecule has 100 valence electrons. The second-order valence-electron chi connectivity index (χ2n) is 5.11. The van der Waals surface area contributed by atoms with Crippen LogP contribution >= 0.6 is 11.6 Å². The van der Waals surface area contributed by atoms with E-state index in [0.29, 0.717) is 5.88 Å². The molecule has 1 heterocycles. The van der Waals surface area contributed by atoms with Crippen molar-refractivity contribution in [3.8, 4) is 0 Å². The van der Waals surface area contributed by atoms with Crippen molar-refractivity contribution in [1.82, 2.24) is 4.98 Å². The third-order valence-corrected chi connectivity index (χ3v) is 4.05. The lowest BCUT2D eigenvalue weighted by atomic mass is 9.92. The van der Waals surface area contributed by atoms with Crippen molar-refractivity contribution in [2.75, 3.05) is 17.7 Å². The highest BCUT2D eigenvalue weighted by Crippen LogP contribution is 2.33. The van der Waals surface area contributed by atoms with Crippen molar-refractivity contribution in [1.29, 1.82) is 0 Å². The minimum atomic E-state index is 0.707. The van der Waals surface area contributed by atoms with Gasteiger partial charge in [-0.1, -0.05) is 18.2 Å². The molecule has 0 amide bonds. The Morgan fingerprint density at radius 2 is 2.00 bits per heavy atom. The van der Waals surface area contributed by atoms with E-state index in [1.807, 2.05) is 0 Å². The number of hydrogen-bond donors (Lipinski definition) is 1. The highest BCUT2D eigenvalue weighted by atomic mass is 35.5. The van der Waals surface area contributed by atoms with Crippen LogP contribution in [0.4, 0.5) is 5.69 Å². The molecule has 0 radical (unpaired) electrons. The maximum Gasteiger partial charge on any atom is 0.0726 e. The predicted molar refractivity (Wildman–Crippen MR) is 82.2 cm³/mol. The normalized spacial score (nSPS) is 14.4. The first-order valence-electron chi connectivity index (χ1n) is 7.10. The molecule has 2 aromatic rings. The number of rotatable bonds is 4. The number of para-hydroxylation sites is 1. The number of alkyl halides is 1. The van der Waals surface area contributed by atoms with Crippen LogP contribution in [-0.4, -0.2) is 17.4 Å². The lowest BCUT2D eigenvalue weighted by Gasteiger charge is -2.21. The van der Waals surface area contributed by atoms with Gasteiger partial charge in [0.2, 0.25) is 0 Å². The highest BCUT2D eigenvalue weighted by Gasteiger charge is 2.17. The molecule has 0 saturated heterocycles. The second kappa shape index (κ2) is 5.79. The van der Waals surface area contributed by atoms with Gasteiger partial charge in [-0.05, 0) is 43.7 Å². The second-order valence-corrected chi connectivity index (χ2v) is 5.48. The summed E-state index contributed by atoms with van der Waals surface area (Å²) in [5.41, 5.74) is 5.12. The van der Waals surface area contributed by atoms with Crippen LogP contribution in [0.3, 0.4) is 0 Å². The van der Waals surface area contributed by atoms with Crippen molar-refractivity contribution in [2.24, 2.45) is 0 Å². The summed E-state index contributed by atoms with van der Waals surface area (Å²) in [6.07, 6.45) is 5.80. The molecule has 1 N–H and O–H groups in total. The lowest BCUT2D eigenvalue weighted by molar-refractivity contribution is 0.672. The van der Waals surface area contributed by atoms with Gasteiger partial charge in [-0.15, -0.1) is 11.6 Å². The Hall–Kier alpha value is -1.28. The Kier molecular flexibility index (Phi) is 3.88. The van der Waals surface area contributed by atoms with E-state index in [9.17, 15) is 0 Å². The van der Waals surface area contributed by atoms with Gasteiger partial charge in [-0.3, -0.25) is 4.98 Å². The molecule has 0 spiro atoms. The quantitative estimate of drug-likeness (QED) is 0.669. The number of pyridine rings is 1. The fourth-order valence-electron chi connectivity index (χ4n) is 2.85. The molecule has 19 heavy (non-hydrogen) atoms. The number of halogens is 1. The topological polar surface area (TPSA) is 24.9 Å². The summed E-state index contributed by atoms with van der Waals surface area (Å²) in [6, 6.07) is 8.43. The molecule has 1 aromatic carbocycles. The van der Waals surface area contributed by atoms with Crippen LogP contribution in [0.25, 0.3) is 10.9 Å². The van der Waals surface area contributed by atoms with Gasteiger partial charge < -0.3 is 5.32 Å². The van der Waals surface area contributed by atoms with Crippen LogP contribution in [-0.2, 0) is 12.8 Å². The summed E-state index contributed by atoms with van der Waals surface area (Å²) < 4.78 is 0. The Morgan fingerprint density at radius 3 is 2.89 bits per heavy atom. The SMILES string of the molecule is ClCCCNc1c2c(nc3ccccc13)CCCC2. The van der Waals surface area contributed by atoms with Gasteiger partial charge in [0.05, 0.1) is 5.52 Å². The molecule has 0 unspecified atom stereocenters. The summed E-state index contributed by atoms with van der Waals surface area (Å²) in [6.45, 7) is 0.934. The number of aromatic nitrogens is 1. The van der Waals surface area contributed by atoms with E-state index >= 15 is 0 Å². The number of fused-ring (bicyclic) bond motifs is 2. The van der Waals surface area contributed by atoms with Crippen LogP contribution in [0.15, 0.2) is 24.3 Å². The summed E-state index contributed by atoms with van der Waals surface area (Å²) in [5, 5.41) is 4.84. The number of nitrogens with zero attached hydrogens (tertiary/aromatic N) is 1. The molecule has 0 bridgehead atoms. The van der Waals surface area contributed by atoms with Crippen molar-refractivity contribution in [3.63, 3.8) is 0 Å². The summed E-state index contributed by atoms with van der Waals surface area (Å²) in [5.74, 6) is 0.707. The molecule has 3 rings (SSSR count). The van der Waals surface area contributed by atoms with Crippen LogP contribution in [0.1, 0.15) is 30.5 Å². The van der Waals surface area contributed by atoms with E-state index in [-0.39, 0.29) is 0 Å². The van der Waals surface area contributed by atoms with Gasteiger partial charge in [-0.25, -0.2) is 0 Å². The average molecular weight is 275 g/mol. The third-order valence-electron chi connectivity index (χ3n) is 3.78. The molecular formula is C16H19ClN2. The predicted octanol–water partition coefficient (Wildman–Crippen LogP) is 4.15. The number of anilines is 1. The van der Waals surface area contributed by atoms with Crippen molar-refractivity contribution in [3.05, 3.63) is 35.5 Å². The van der Waals surface area contributed by atoms with Gasteiger partial charge in [0, 0.05) is 29.2 Å². The molecule has 0 saturated carbocycles. The van der Waals surface area contributed by atoms with Crippen molar-refractivity contribution < 1.29 is 0 Å². The summed E-state index contributed by atoms with van der Waals surface area (Å²) in [7, 11) is 0. The van der Waals surface area contributed by atoms with Crippen molar-refractivity contribution in [2.45, 2.75) is 32.1 Å². The first-order valence-corrected chi connectivity index (χ1v) is 7.64. The van der Waals surface area contributed by atoms with Crippen LogP contribution in [0, 0.1) is 0 Å². The maximum absolute atomic E-state index is 5.78. The molecule has 0 atom stereocenters. The molecule has 1 aromatic heterocycles. The van der Waals surface area contributed by atoms with E-state index in [2.05, 4.69) is 29.6 Å². The zero-order valence-electron chi connectivity index (χ0n) is 11.1. The van der Waals surface area contributed by atoms with E-state index < -0.39 is 0 Å². The Labute approximate surface area is 119 Å².